The monoisotopic (exact) mass is 459 g/mol. The van der Waals surface area contributed by atoms with E-state index < -0.39 is 10.0 Å². The van der Waals surface area contributed by atoms with Crippen molar-refractivity contribution in [3.05, 3.63) is 48.0 Å². The van der Waals surface area contributed by atoms with Gasteiger partial charge in [0.1, 0.15) is 13.2 Å². The molecule has 2 aliphatic rings. The summed E-state index contributed by atoms with van der Waals surface area (Å²) in [5.74, 6) is 1.31. The second kappa shape index (κ2) is 9.38. The number of anilines is 1. The Balaban J connectivity index is 1.50. The maximum atomic E-state index is 13.2. The minimum atomic E-state index is -3.92. The van der Waals surface area contributed by atoms with Crippen molar-refractivity contribution < 1.29 is 22.7 Å². The number of sulfonamides is 1. The van der Waals surface area contributed by atoms with Crippen molar-refractivity contribution >= 4 is 21.6 Å². The number of hydrogen-bond acceptors (Lipinski definition) is 6. The van der Waals surface area contributed by atoms with Crippen molar-refractivity contribution in [2.45, 2.75) is 18.7 Å². The number of hydrogen-bond donors (Lipinski definition) is 1. The van der Waals surface area contributed by atoms with E-state index in [0.29, 0.717) is 49.3 Å². The van der Waals surface area contributed by atoms with Crippen molar-refractivity contribution in [2.75, 3.05) is 50.7 Å². The molecule has 0 spiro atoms. The Labute approximate surface area is 189 Å². The molecule has 2 aromatic rings. The number of piperazine rings is 1. The van der Waals surface area contributed by atoms with Gasteiger partial charge in [0.25, 0.3) is 15.9 Å². The van der Waals surface area contributed by atoms with Gasteiger partial charge in [-0.2, -0.15) is 0 Å². The maximum Gasteiger partial charge on any atom is 0.262 e. The molecular weight excluding hydrogens is 430 g/mol. The third kappa shape index (κ3) is 4.99. The van der Waals surface area contributed by atoms with E-state index in [9.17, 15) is 13.2 Å². The van der Waals surface area contributed by atoms with Gasteiger partial charge in [0.2, 0.25) is 0 Å². The highest BCUT2D eigenvalue weighted by atomic mass is 32.2. The van der Waals surface area contributed by atoms with E-state index in [1.807, 2.05) is 0 Å². The summed E-state index contributed by atoms with van der Waals surface area (Å²) in [7, 11) is -3.92. The lowest BCUT2D eigenvalue weighted by atomic mass is 10.1. The first-order valence-electron chi connectivity index (χ1n) is 10.9. The lowest BCUT2D eigenvalue weighted by Crippen LogP contribution is -2.49. The van der Waals surface area contributed by atoms with E-state index in [0.717, 1.165) is 19.6 Å². The molecule has 4 rings (SSSR count). The van der Waals surface area contributed by atoms with Crippen molar-refractivity contribution in [1.29, 1.82) is 0 Å². The van der Waals surface area contributed by atoms with Crippen molar-refractivity contribution in [3.8, 4) is 11.5 Å². The van der Waals surface area contributed by atoms with E-state index in [1.54, 1.807) is 35.2 Å². The smallest absolute Gasteiger partial charge is 0.262 e. The number of benzene rings is 2. The zero-order valence-electron chi connectivity index (χ0n) is 18.4. The first-order valence-corrected chi connectivity index (χ1v) is 12.3. The quantitative estimate of drug-likeness (QED) is 0.715. The van der Waals surface area contributed by atoms with Gasteiger partial charge in [0.15, 0.2) is 11.5 Å². The first kappa shape index (κ1) is 22.4. The van der Waals surface area contributed by atoms with Crippen LogP contribution in [0, 0.1) is 5.92 Å². The van der Waals surface area contributed by atoms with Crippen LogP contribution >= 0.6 is 0 Å². The number of amides is 1. The molecule has 0 bridgehead atoms. The summed E-state index contributed by atoms with van der Waals surface area (Å²) in [5.41, 5.74) is 0.600. The number of fused-ring (bicyclic) bond motifs is 1. The minimum Gasteiger partial charge on any atom is -0.486 e. The zero-order chi connectivity index (χ0) is 22.7. The highest BCUT2D eigenvalue weighted by molar-refractivity contribution is 7.92. The minimum absolute atomic E-state index is 0.0475. The molecular formula is C23H29N3O5S. The molecule has 1 amide bonds. The predicted octanol–water partition coefficient (Wildman–Crippen LogP) is 2.67. The van der Waals surface area contributed by atoms with Gasteiger partial charge in [0.05, 0.1) is 16.1 Å². The van der Waals surface area contributed by atoms with Crippen LogP contribution in [0.2, 0.25) is 0 Å². The molecule has 0 atom stereocenters. The average molecular weight is 460 g/mol. The Morgan fingerprint density at radius 2 is 1.69 bits per heavy atom. The molecule has 1 N–H and O–H groups in total. The standard InChI is InChI=1S/C23H29N3O5S/c1-17(2)16-25-9-11-26(12-10-25)23(27)19-5-3-4-6-20(19)24-32(28,29)18-7-8-21-22(15-18)31-14-13-30-21/h3-8,15,17,24H,9-14,16H2,1-2H3. The van der Waals surface area contributed by atoms with E-state index >= 15 is 0 Å². The summed E-state index contributed by atoms with van der Waals surface area (Å²) >= 11 is 0. The van der Waals surface area contributed by atoms with Crippen LogP contribution < -0.4 is 14.2 Å². The van der Waals surface area contributed by atoms with Gasteiger partial charge in [-0.3, -0.25) is 14.4 Å². The molecule has 1 saturated heterocycles. The van der Waals surface area contributed by atoms with Crippen LogP contribution in [0.1, 0.15) is 24.2 Å². The van der Waals surface area contributed by atoms with Gasteiger partial charge in [-0.15, -0.1) is 0 Å². The number of para-hydroxylation sites is 1. The molecule has 172 valence electrons. The Morgan fingerprint density at radius 1 is 1.00 bits per heavy atom. The number of nitrogens with one attached hydrogen (secondary N) is 1. The van der Waals surface area contributed by atoms with Gasteiger partial charge in [0, 0.05) is 38.8 Å². The summed E-state index contributed by atoms with van der Waals surface area (Å²) in [5, 5.41) is 0. The molecule has 2 aromatic carbocycles. The fraction of sp³-hybridized carbons (Fsp3) is 0.435. The van der Waals surface area contributed by atoms with Crippen molar-refractivity contribution in [1.82, 2.24) is 9.80 Å². The van der Waals surface area contributed by atoms with Gasteiger partial charge in [-0.05, 0) is 30.2 Å². The lowest BCUT2D eigenvalue weighted by Gasteiger charge is -2.35. The Hall–Kier alpha value is -2.78. The fourth-order valence-corrected chi connectivity index (χ4v) is 5.07. The second-order valence-electron chi connectivity index (χ2n) is 8.44. The zero-order valence-corrected chi connectivity index (χ0v) is 19.2. The summed E-state index contributed by atoms with van der Waals surface area (Å²) in [6, 6.07) is 11.2. The summed E-state index contributed by atoms with van der Waals surface area (Å²) in [4.78, 5) is 17.4. The number of nitrogens with zero attached hydrogens (tertiary/aromatic N) is 2. The highest BCUT2D eigenvalue weighted by Gasteiger charge is 2.26. The number of carbonyl (C=O) groups is 1. The van der Waals surface area contributed by atoms with Crippen molar-refractivity contribution in [2.24, 2.45) is 5.92 Å². The third-order valence-corrected chi connectivity index (χ3v) is 6.87. The van der Waals surface area contributed by atoms with Crippen LogP contribution in [0.4, 0.5) is 5.69 Å². The molecule has 32 heavy (non-hydrogen) atoms. The van der Waals surface area contributed by atoms with Gasteiger partial charge >= 0.3 is 0 Å². The van der Waals surface area contributed by atoms with Crippen LogP contribution in [0.15, 0.2) is 47.4 Å². The lowest BCUT2D eigenvalue weighted by molar-refractivity contribution is 0.0625. The van der Waals surface area contributed by atoms with Gasteiger partial charge < -0.3 is 14.4 Å². The SMILES string of the molecule is CC(C)CN1CCN(C(=O)c2ccccc2NS(=O)(=O)c2ccc3c(c2)OCCO3)CC1. The first-order chi connectivity index (χ1) is 15.3. The number of carbonyl (C=O) groups excluding carboxylic acids is 1. The molecule has 0 saturated carbocycles. The van der Waals surface area contributed by atoms with Crippen LogP contribution in [0.5, 0.6) is 11.5 Å². The van der Waals surface area contributed by atoms with E-state index in [4.69, 9.17) is 9.47 Å². The van der Waals surface area contributed by atoms with Crippen LogP contribution in [-0.2, 0) is 10.0 Å². The largest absolute Gasteiger partial charge is 0.486 e. The van der Waals surface area contributed by atoms with Gasteiger partial charge in [-0.1, -0.05) is 26.0 Å². The maximum absolute atomic E-state index is 13.2. The average Bonchev–Trinajstić information content (AvgIpc) is 2.78. The molecule has 0 unspecified atom stereocenters. The van der Waals surface area contributed by atoms with Crippen molar-refractivity contribution in [3.63, 3.8) is 0 Å². The summed E-state index contributed by atoms with van der Waals surface area (Å²) in [6.45, 7) is 9.04. The van der Waals surface area contributed by atoms with Crippen LogP contribution in [0.25, 0.3) is 0 Å². The number of rotatable bonds is 6. The molecule has 8 nitrogen and oxygen atoms in total. The molecule has 0 radical (unpaired) electrons. The summed E-state index contributed by atoms with van der Waals surface area (Å²) < 4.78 is 39.6. The second-order valence-corrected chi connectivity index (χ2v) is 10.1. The Kier molecular flexibility index (Phi) is 6.57. The topological polar surface area (TPSA) is 88.2 Å². The van der Waals surface area contributed by atoms with Crippen LogP contribution in [-0.4, -0.2) is 70.1 Å². The molecule has 2 aliphatic heterocycles. The van der Waals surface area contributed by atoms with E-state index in [-0.39, 0.29) is 16.5 Å². The molecule has 1 fully saturated rings. The molecule has 9 heteroatoms. The molecule has 2 heterocycles. The number of ether oxygens (including phenoxy) is 2. The van der Waals surface area contributed by atoms with E-state index in [1.165, 1.54) is 12.1 Å². The molecule has 0 aromatic heterocycles. The van der Waals surface area contributed by atoms with E-state index in [2.05, 4.69) is 23.5 Å². The normalized spacial score (nSPS) is 16.8. The molecule has 0 aliphatic carbocycles. The van der Waals surface area contributed by atoms with Crippen LogP contribution in [0.3, 0.4) is 0 Å². The highest BCUT2D eigenvalue weighted by Crippen LogP contribution is 2.33. The predicted molar refractivity (Wildman–Crippen MR) is 122 cm³/mol. The van der Waals surface area contributed by atoms with Gasteiger partial charge in [-0.25, -0.2) is 8.42 Å². The fourth-order valence-electron chi connectivity index (χ4n) is 3.97. The third-order valence-electron chi connectivity index (χ3n) is 5.51. The Morgan fingerprint density at radius 3 is 2.41 bits per heavy atom. The summed E-state index contributed by atoms with van der Waals surface area (Å²) in [6.07, 6.45) is 0. The Bertz CT molecular complexity index is 1080.